The summed E-state index contributed by atoms with van der Waals surface area (Å²) in [6.45, 7) is 5.91. The molecule has 2 aromatic heterocycles. The van der Waals surface area contributed by atoms with E-state index in [4.69, 9.17) is 14.2 Å². The molecule has 0 radical (unpaired) electrons. The van der Waals surface area contributed by atoms with Crippen molar-refractivity contribution in [2.45, 2.75) is 42.8 Å². The van der Waals surface area contributed by atoms with Crippen LogP contribution in [0.5, 0.6) is 0 Å². The summed E-state index contributed by atoms with van der Waals surface area (Å²) in [5.74, 6) is -1.26. The molecule has 0 spiro atoms. The molecular weight excluding hydrogens is 675 g/mol. The largest absolute Gasteiger partial charge is 0.462 e. The van der Waals surface area contributed by atoms with Crippen molar-refractivity contribution in [2.75, 3.05) is 39.5 Å². The zero-order chi connectivity index (χ0) is 34.6. The molecule has 5 rings (SSSR count). The fraction of sp³-hybridized carbons (Fsp3) is 0.355. The standard InChI is InChI=1S/C31H32F3N5O7S2/c1-4-45-28(40)25-19(3)26(29(41)46-5-2)35-24(25)18-47-30-37-36-27(39(30)22-10-7-9-21(17-22)31(32,33)34)20-8-6-11-23(16-20)48(42,43)38-12-14-44-15-13-38/h6-11,16-17,35H,4-5,12-15,18H2,1-3H3. The maximum absolute atomic E-state index is 13.8. The number of halogens is 3. The van der Waals surface area contributed by atoms with E-state index in [-0.39, 0.29) is 83.7 Å². The zero-order valence-electron chi connectivity index (χ0n) is 26.2. The summed E-state index contributed by atoms with van der Waals surface area (Å²) in [5, 5.41) is 8.66. The molecule has 1 fully saturated rings. The summed E-state index contributed by atoms with van der Waals surface area (Å²) in [4.78, 5) is 28.5. The van der Waals surface area contributed by atoms with Crippen LogP contribution in [-0.4, -0.2) is 83.9 Å². The molecule has 12 nitrogen and oxygen atoms in total. The van der Waals surface area contributed by atoms with Crippen LogP contribution in [0.25, 0.3) is 17.1 Å². The molecule has 48 heavy (non-hydrogen) atoms. The molecule has 1 N–H and O–H groups in total. The second-order valence-corrected chi connectivity index (χ2v) is 13.3. The summed E-state index contributed by atoms with van der Waals surface area (Å²) in [6, 6.07) is 10.5. The number of thioether (sulfide) groups is 1. The number of sulfonamides is 1. The van der Waals surface area contributed by atoms with Crippen LogP contribution in [0, 0.1) is 6.92 Å². The van der Waals surface area contributed by atoms with Crippen LogP contribution in [0.2, 0.25) is 0 Å². The van der Waals surface area contributed by atoms with Crippen molar-refractivity contribution in [1.29, 1.82) is 0 Å². The number of nitrogens with zero attached hydrogens (tertiary/aromatic N) is 4. The van der Waals surface area contributed by atoms with Gasteiger partial charge in [0, 0.05) is 30.1 Å². The molecule has 0 atom stereocenters. The Bertz CT molecular complexity index is 1920. The maximum Gasteiger partial charge on any atom is 0.416 e. The van der Waals surface area contributed by atoms with E-state index in [1.165, 1.54) is 39.2 Å². The summed E-state index contributed by atoms with van der Waals surface area (Å²) >= 11 is 1.03. The lowest BCUT2D eigenvalue weighted by atomic mass is 10.1. The lowest BCUT2D eigenvalue weighted by Crippen LogP contribution is -2.40. The van der Waals surface area contributed by atoms with Gasteiger partial charge in [0.15, 0.2) is 11.0 Å². The highest BCUT2D eigenvalue weighted by atomic mass is 32.2. The molecule has 0 aliphatic carbocycles. The van der Waals surface area contributed by atoms with Gasteiger partial charge in [-0.15, -0.1) is 10.2 Å². The van der Waals surface area contributed by atoms with Gasteiger partial charge in [0.2, 0.25) is 10.0 Å². The van der Waals surface area contributed by atoms with Crippen LogP contribution in [0.1, 0.15) is 51.5 Å². The number of esters is 2. The van der Waals surface area contributed by atoms with Gasteiger partial charge in [-0.3, -0.25) is 4.57 Å². The van der Waals surface area contributed by atoms with Crippen LogP contribution in [0.4, 0.5) is 13.2 Å². The van der Waals surface area contributed by atoms with Gasteiger partial charge in [0.05, 0.1) is 48.1 Å². The molecule has 0 amide bonds. The number of nitrogens with one attached hydrogen (secondary N) is 1. The third-order valence-corrected chi connectivity index (χ3v) is 10.2. The van der Waals surface area contributed by atoms with Crippen molar-refractivity contribution in [3.05, 3.63) is 76.6 Å². The van der Waals surface area contributed by atoms with Gasteiger partial charge in [0.1, 0.15) is 5.69 Å². The third-order valence-electron chi connectivity index (χ3n) is 7.40. The van der Waals surface area contributed by atoms with E-state index in [0.717, 1.165) is 23.9 Å². The molecule has 1 aliphatic rings. The number of carbonyl (C=O) groups is 2. The van der Waals surface area contributed by atoms with E-state index in [2.05, 4.69) is 15.2 Å². The Labute approximate surface area is 278 Å². The molecular formula is C31H32F3N5O7S2. The molecule has 0 saturated carbocycles. The summed E-state index contributed by atoms with van der Waals surface area (Å²) in [7, 11) is -3.91. The summed E-state index contributed by atoms with van der Waals surface area (Å²) in [5.41, 5.74) is 0.247. The Morgan fingerprint density at radius 2 is 1.69 bits per heavy atom. The maximum atomic E-state index is 13.8. The Morgan fingerprint density at radius 1 is 1.00 bits per heavy atom. The average molecular weight is 708 g/mol. The fourth-order valence-corrected chi connectivity index (χ4v) is 7.49. The molecule has 4 aromatic rings. The zero-order valence-corrected chi connectivity index (χ0v) is 27.8. The van der Waals surface area contributed by atoms with E-state index in [1.807, 2.05) is 0 Å². The number of alkyl halides is 3. The predicted octanol–water partition coefficient (Wildman–Crippen LogP) is 5.26. The van der Waals surface area contributed by atoms with Crippen molar-refractivity contribution in [2.24, 2.45) is 0 Å². The first-order valence-electron chi connectivity index (χ1n) is 14.9. The van der Waals surface area contributed by atoms with Gasteiger partial charge in [-0.1, -0.05) is 30.0 Å². The van der Waals surface area contributed by atoms with Crippen LogP contribution in [-0.2, 0) is 36.2 Å². The summed E-state index contributed by atoms with van der Waals surface area (Å²) < 4.78 is 86.5. The van der Waals surface area contributed by atoms with Gasteiger partial charge < -0.3 is 19.2 Å². The van der Waals surface area contributed by atoms with E-state index < -0.39 is 33.7 Å². The third kappa shape index (κ3) is 7.28. The van der Waals surface area contributed by atoms with E-state index in [0.29, 0.717) is 11.3 Å². The second kappa shape index (κ2) is 14.5. The van der Waals surface area contributed by atoms with Gasteiger partial charge in [-0.2, -0.15) is 17.5 Å². The lowest BCUT2D eigenvalue weighted by molar-refractivity contribution is -0.137. The minimum atomic E-state index is -4.65. The number of ether oxygens (including phenoxy) is 3. The second-order valence-electron chi connectivity index (χ2n) is 10.4. The monoisotopic (exact) mass is 707 g/mol. The minimum absolute atomic E-state index is 0.00304. The Hall–Kier alpha value is -4.19. The molecule has 1 aliphatic heterocycles. The topological polar surface area (TPSA) is 146 Å². The van der Waals surface area contributed by atoms with Crippen LogP contribution in [0.15, 0.2) is 58.6 Å². The number of hydrogen-bond acceptors (Lipinski definition) is 10. The molecule has 3 heterocycles. The highest BCUT2D eigenvalue weighted by molar-refractivity contribution is 7.98. The summed E-state index contributed by atoms with van der Waals surface area (Å²) in [6.07, 6.45) is -4.65. The first kappa shape index (κ1) is 35.1. The number of benzene rings is 2. The first-order chi connectivity index (χ1) is 22.9. The van der Waals surface area contributed by atoms with Gasteiger partial charge >= 0.3 is 18.1 Å². The first-order valence-corrected chi connectivity index (χ1v) is 17.3. The molecule has 0 unspecified atom stereocenters. The number of aromatic amines is 1. The fourth-order valence-electron chi connectivity index (χ4n) is 5.13. The van der Waals surface area contributed by atoms with E-state index in [9.17, 15) is 31.2 Å². The van der Waals surface area contributed by atoms with Crippen molar-refractivity contribution >= 4 is 33.7 Å². The molecule has 1 saturated heterocycles. The Balaban J connectivity index is 1.59. The molecule has 0 bridgehead atoms. The normalized spacial score (nSPS) is 14.2. The number of rotatable bonds is 11. The van der Waals surface area contributed by atoms with Crippen LogP contribution in [0.3, 0.4) is 0 Å². The number of morpholine rings is 1. The van der Waals surface area contributed by atoms with Crippen molar-refractivity contribution in [3.63, 3.8) is 0 Å². The smallest absolute Gasteiger partial charge is 0.416 e. The van der Waals surface area contributed by atoms with Crippen LogP contribution >= 0.6 is 11.8 Å². The number of hydrogen-bond donors (Lipinski definition) is 1. The number of H-pyrrole nitrogens is 1. The van der Waals surface area contributed by atoms with Crippen molar-refractivity contribution in [3.8, 4) is 17.1 Å². The quantitative estimate of drug-likeness (QED) is 0.162. The van der Waals surface area contributed by atoms with Crippen molar-refractivity contribution < 1.29 is 45.4 Å². The van der Waals surface area contributed by atoms with E-state index in [1.54, 1.807) is 26.8 Å². The molecule has 2 aromatic carbocycles. The Morgan fingerprint density at radius 3 is 2.38 bits per heavy atom. The minimum Gasteiger partial charge on any atom is -0.462 e. The highest BCUT2D eigenvalue weighted by Crippen LogP contribution is 2.35. The highest BCUT2D eigenvalue weighted by Gasteiger charge is 2.32. The van der Waals surface area contributed by atoms with Crippen molar-refractivity contribution in [1.82, 2.24) is 24.1 Å². The molecule has 256 valence electrons. The van der Waals surface area contributed by atoms with E-state index >= 15 is 0 Å². The SMILES string of the molecule is CCOC(=O)c1[nH]c(CSc2nnc(-c3cccc(S(=O)(=O)N4CCOCC4)c3)n2-c2cccc(C(F)(F)F)c2)c(C(=O)OCC)c1C. The lowest BCUT2D eigenvalue weighted by Gasteiger charge is -2.26. The van der Waals surface area contributed by atoms with Gasteiger partial charge in [-0.05, 0) is 56.7 Å². The number of carbonyl (C=O) groups excluding carboxylic acids is 2. The average Bonchev–Trinajstić information content (AvgIpc) is 3.65. The van der Waals surface area contributed by atoms with Gasteiger partial charge in [-0.25, -0.2) is 18.0 Å². The Kier molecular flexibility index (Phi) is 10.6. The van der Waals surface area contributed by atoms with Gasteiger partial charge in [0.25, 0.3) is 0 Å². The van der Waals surface area contributed by atoms with Crippen LogP contribution < -0.4 is 0 Å². The predicted molar refractivity (Wildman–Crippen MR) is 168 cm³/mol. The molecule has 17 heteroatoms. The number of aromatic nitrogens is 4.